The number of rotatable bonds is 5. The van der Waals surface area contributed by atoms with E-state index < -0.39 is 21.9 Å². The van der Waals surface area contributed by atoms with E-state index in [0.29, 0.717) is 25.5 Å². The van der Waals surface area contributed by atoms with Gasteiger partial charge in [0.15, 0.2) is 0 Å². The van der Waals surface area contributed by atoms with Gasteiger partial charge in [-0.2, -0.15) is 4.31 Å². The normalized spacial score (nSPS) is 11.4. The summed E-state index contributed by atoms with van der Waals surface area (Å²) in [4.78, 5) is 25.8. The monoisotopic (exact) mass is 561 g/mol. The van der Waals surface area contributed by atoms with E-state index in [-0.39, 0.29) is 26.7 Å². The van der Waals surface area contributed by atoms with Crippen LogP contribution in [0.4, 0.5) is 5.69 Å². The van der Waals surface area contributed by atoms with E-state index in [1.807, 2.05) is 0 Å². The number of aryl methyl sites for hydroxylation is 1. The molecule has 1 heterocycles. The van der Waals surface area contributed by atoms with Crippen LogP contribution in [0.3, 0.4) is 0 Å². The molecule has 0 aliphatic heterocycles. The molecule has 7 nitrogen and oxygen atoms in total. The van der Waals surface area contributed by atoms with Gasteiger partial charge in [-0.05, 0) is 61.5 Å². The lowest BCUT2D eigenvalue weighted by molar-refractivity contribution is 0.0600. The highest BCUT2D eigenvalue weighted by atomic mass is 79.9. The number of carbonyl (C=O) groups excluding carboxylic acids is 2. The third-order valence-electron chi connectivity index (χ3n) is 5.11. The van der Waals surface area contributed by atoms with Crippen LogP contribution >= 0.6 is 27.5 Å². The second-order valence-electron chi connectivity index (χ2n) is 7.21. The van der Waals surface area contributed by atoms with Crippen LogP contribution in [0, 0.1) is 6.92 Å². The van der Waals surface area contributed by atoms with Crippen molar-refractivity contribution >= 4 is 66.1 Å². The van der Waals surface area contributed by atoms with E-state index in [4.69, 9.17) is 20.8 Å². The molecule has 1 amide bonds. The molecular weight excluding hydrogens is 546 g/mol. The van der Waals surface area contributed by atoms with Gasteiger partial charge in [-0.3, -0.25) is 4.79 Å². The average molecular weight is 563 g/mol. The third kappa shape index (κ3) is 4.22. The summed E-state index contributed by atoms with van der Waals surface area (Å²) in [6.07, 6.45) is 0. The van der Waals surface area contributed by atoms with Gasteiger partial charge in [-0.1, -0.05) is 39.7 Å². The van der Waals surface area contributed by atoms with Gasteiger partial charge in [0.2, 0.25) is 0 Å². The minimum atomic E-state index is -4.38. The highest BCUT2D eigenvalue weighted by molar-refractivity contribution is 9.10. The Morgan fingerprint density at radius 2 is 1.71 bits per heavy atom. The number of methoxy groups -OCH3 is 1. The summed E-state index contributed by atoms with van der Waals surface area (Å²) in [5.74, 6) is -1.19. The number of sulfonamides is 1. The number of ether oxygens (including phenoxy) is 1. The van der Waals surface area contributed by atoms with Gasteiger partial charge in [0, 0.05) is 9.86 Å². The molecule has 0 saturated heterocycles. The van der Waals surface area contributed by atoms with Gasteiger partial charge in [-0.15, -0.1) is 0 Å². The molecule has 4 aromatic rings. The van der Waals surface area contributed by atoms with Gasteiger partial charge < -0.3 is 9.15 Å². The van der Waals surface area contributed by atoms with Crippen LogP contribution < -0.4 is 4.31 Å². The Hall–Kier alpha value is -3.14. The zero-order valence-electron chi connectivity index (χ0n) is 17.9. The predicted molar refractivity (Wildman–Crippen MR) is 132 cm³/mol. The average Bonchev–Trinajstić information content (AvgIpc) is 3.14. The maximum atomic E-state index is 13.7. The lowest BCUT2D eigenvalue weighted by Crippen LogP contribution is -2.37. The number of fused-ring (bicyclic) bond motifs is 1. The number of nitrogens with zero attached hydrogens (tertiary/aromatic N) is 1. The number of benzene rings is 3. The van der Waals surface area contributed by atoms with Crippen molar-refractivity contribution in [3.05, 3.63) is 93.1 Å². The van der Waals surface area contributed by atoms with Crippen LogP contribution in [0.2, 0.25) is 5.02 Å². The van der Waals surface area contributed by atoms with Crippen molar-refractivity contribution in [3.8, 4) is 0 Å². The summed E-state index contributed by atoms with van der Waals surface area (Å²) < 4.78 is 39.2. The Morgan fingerprint density at radius 3 is 2.35 bits per heavy atom. The molecule has 0 atom stereocenters. The molecule has 0 spiro atoms. The summed E-state index contributed by atoms with van der Waals surface area (Å²) in [6, 6.07) is 16.4. The number of hydrogen-bond donors (Lipinski definition) is 0. The van der Waals surface area contributed by atoms with Crippen LogP contribution in [0.1, 0.15) is 26.5 Å². The molecule has 0 N–H and O–H groups in total. The first-order valence-corrected chi connectivity index (χ1v) is 12.5. The first kappa shape index (κ1) is 24.0. The molecule has 0 bridgehead atoms. The fraction of sp³-hybridized carbons (Fsp3) is 0.0833. The van der Waals surface area contributed by atoms with Crippen LogP contribution in [-0.4, -0.2) is 27.4 Å². The van der Waals surface area contributed by atoms with Gasteiger partial charge in [0.1, 0.15) is 16.9 Å². The predicted octanol–water partition coefficient (Wildman–Crippen LogP) is 5.98. The maximum absolute atomic E-state index is 13.7. The van der Waals surface area contributed by atoms with E-state index >= 15 is 0 Å². The summed E-state index contributed by atoms with van der Waals surface area (Å²) in [7, 11) is -3.15. The highest BCUT2D eigenvalue weighted by Crippen LogP contribution is 2.34. The zero-order valence-corrected chi connectivity index (χ0v) is 21.1. The first-order valence-electron chi connectivity index (χ1n) is 9.86. The van der Waals surface area contributed by atoms with Crippen molar-refractivity contribution in [1.82, 2.24) is 0 Å². The number of amides is 1. The van der Waals surface area contributed by atoms with E-state index in [9.17, 15) is 18.0 Å². The number of halogens is 2. The van der Waals surface area contributed by atoms with E-state index in [1.165, 1.54) is 49.6 Å². The summed E-state index contributed by atoms with van der Waals surface area (Å²) >= 11 is 9.51. The fourth-order valence-electron chi connectivity index (χ4n) is 3.51. The minimum Gasteiger partial charge on any atom is -0.465 e. The smallest absolute Gasteiger partial charge is 0.342 e. The third-order valence-corrected chi connectivity index (χ3v) is 7.70. The van der Waals surface area contributed by atoms with Crippen molar-refractivity contribution < 1.29 is 27.2 Å². The quantitative estimate of drug-likeness (QED) is 0.278. The van der Waals surface area contributed by atoms with Crippen molar-refractivity contribution in [2.24, 2.45) is 0 Å². The molecule has 1 aromatic heterocycles. The number of anilines is 1. The van der Waals surface area contributed by atoms with Crippen molar-refractivity contribution in [2.75, 3.05) is 11.4 Å². The molecule has 0 saturated carbocycles. The Bertz CT molecular complexity index is 1530. The van der Waals surface area contributed by atoms with E-state index in [2.05, 4.69) is 15.9 Å². The van der Waals surface area contributed by atoms with E-state index in [1.54, 1.807) is 31.2 Å². The topological polar surface area (TPSA) is 93.9 Å². The van der Waals surface area contributed by atoms with Crippen LogP contribution in [0.15, 0.2) is 80.5 Å². The molecule has 34 heavy (non-hydrogen) atoms. The standard InChI is InChI=1S/C24H17BrClNO6S/c1-14-22(24(29)32-2)19-13-16(9-12-21(19)33-14)27(23(28)18-5-3-4-6-20(18)26)34(30,31)17-10-7-15(25)8-11-17/h3-13H,1-2H3. The lowest BCUT2D eigenvalue weighted by atomic mass is 10.1. The summed E-state index contributed by atoms with van der Waals surface area (Å²) in [5.41, 5.74) is 0.492. The molecular formula is C24H17BrClNO6S. The zero-order chi connectivity index (χ0) is 24.6. The second kappa shape index (κ2) is 9.25. The second-order valence-corrected chi connectivity index (χ2v) is 10.3. The molecule has 0 aliphatic carbocycles. The molecule has 0 fully saturated rings. The van der Waals surface area contributed by atoms with Crippen LogP contribution in [0.25, 0.3) is 11.0 Å². The van der Waals surface area contributed by atoms with Gasteiger partial charge in [-0.25, -0.2) is 13.2 Å². The molecule has 10 heteroatoms. The number of carbonyl (C=O) groups is 2. The summed E-state index contributed by atoms with van der Waals surface area (Å²) in [5, 5.41) is 0.406. The molecule has 0 radical (unpaired) electrons. The van der Waals surface area contributed by atoms with Gasteiger partial charge in [0.05, 0.1) is 28.3 Å². The largest absolute Gasteiger partial charge is 0.465 e. The molecule has 0 unspecified atom stereocenters. The summed E-state index contributed by atoms with van der Waals surface area (Å²) in [6.45, 7) is 1.59. The SMILES string of the molecule is COC(=O)c1c(C)oc2ccc(N(C(=O)c3ccccc3Cl)S(=O)(=O)c3ccc(Br)cc3)cc12. The molecule has 0 aliphatic rings. The van der Waals surface area contributed by atoms with Gasteiger partial charge in [0.25, 0.3) is 15.9 Å². The Morgan fingerprint density at radius 1 is 1.03 bits per heavy atom. The van der Waals surface area contributed by atoms with Crippen molar-refractivity contribution in [3.63, 3.8) is 0 Å². The number of hydrogen-bond acceptors (Lipinski definition) is 6. The van der Waals surface area contributed by atoms with Gasteiger partial charge >= 0.3 is 5.97 Å². The number of esters is 1. The highest BCUT2D eigenvalue weighted by Gasteiger charge is 2.33. The number of furan rings is 1. The van der Waals surface area contributed by atoms with Crippen molar-refractivity contribution in [2.45, 2.75) is 11.8 Å². The minimum absolute atomic E-state index is 0.00140. The van der Waals surface area contributed by atoms with E-state index in [0.717, 1.165) is 0 Å². The Kier molecular flexibility index (Phi) is 6.53. The van der Waals surface area contributed by atoms with Crippen molar-refractivity contribution in [1.29, 1.82) is 0 Å². The van der Waals surface area contributed by atoms with Crippen LogP contribution in [-0.2, 0) is 14.8 Å². The molecule has 4 rings (SSSR count). The molecule has 3 aromatic carbocycles. The first-order chi connectivity index (χ1) is 16.1. The Balaban J connectivity index is 1.97. The Labute approximate surface area is 209 Å². The maximum Gasteiger partial charge on any atom is 0.342 e. The van der Waals surface area contributed by atoms with Crippen LogP contribution in [0.5, 0.6) is 0 Å². The lowest BCUT2D eigenvalue weighted by Gasteiger charge is -2.23. The fourth-order valence-corrected chi connectivity index (χ4v) is 5.39. The molecule has 174 valence electrons.